The predicted molar refractivity (Wildman–Crippen MR) is 163 cm³/mol. The van der Waals surface area contributed by atoms with Crippen molar-refractivity contribution in [3.63, 3.8) is 0 Å². The van der Waals surface area contributed by atoms with Gasteiger partial charge in [-0.25, -0.2) is 4.79 Å². The summed E-state index contributed by atoms with van der Waals surface area (Å²) in [6.07, 6.45) is 5.38. The van der Waals surface area contributed by atoms with Crippen molar-refractivity contribution in [2.45, 2.75) is 36.6 Å². The van der Waals surface area contributed by atoms with Crippen LogP contribution in [0.1, 0.15) is 30.4 Å². The Labute approximate surface area is 269 Å². The van der Waals surface area contributed by atoms with E-state index >= 15 is 0 Å². The molecule has 1 atom stereocenters. The molecular formula is C28H30F3N2O11S3+. The van der Waals surface area contributed by atoms with Gasteiger partial charge in [0.2, 0.25) is 0 Å². The summed E-state index contributed by atoms with van der Waals surface area (Å²) in [5, 5.41) is 9.54. The van der Waals surface area contributed by atoms with E-state index in [1.54, 1.807) is 61.5 Å². The number of rotatable bonds is 11. The molecule has 47 heavy (non-hydrogen) atoms. The van der Waals surface area contributed by atoms with Crippen LogP contribution in [-0.4, -0.2) is 80.1 Å². The molecule has 1 unspecified atom stereocenters. The van der Waals surface area contributed by atoms with Crippen molar-refractivity contribution in [2.75, 3.05) is 23.7 Å². The number of aliphatic carboxylic acids is 1. The highest BCUT2D eigenvalue weighted by Crippen LogP contribution is 2.48. The fourth-order valence-corrected chi connectivity index (χ4v) is 7.22. The zero-order valence-corrected chi connectivity index (χ0v) is 27.0. The van der Waals surface area contributed by atoms with E-state index in [0.717, 1.165) is 5.56 Å². The third-order valence-electron chi connectivity index (χ3n) is 7.08. The normalized spacial score (nSPS) is 16.2. The van der Waals surface area contributed by atoms with Gasteiger partial charge in [-0.2, -0.15) is 38.4 Å². The molecule has 0 saturated carbocycles. The standard InChI is InChI=1S/C27H28N2O8S2.CHF3O3S/c1-20-11-13-21(14-12-20)39(36,37)29(19-30,17-15-26(31)32)27-22-7-2-4-9-24(22)28(16-6-18-38(33,34)35)25-10-5-3-8-23(25)27;2-1(3,4)8(5,6)7/h2-5,7,9-14,19H,6,8,15-18H2,1H3,(H-,31,32,33,34,35);(H,5,6,7)/p+1. The Kier molecular flexibility index (Phi) is 11.3. The second kappa shape index (κ2) is 14.1. The quantitative estimate of drug-likeness (QED) is 0.131. The lowest BCUT2D eigenvalue weighted by Crippen LogP contribution is -2.52. The lowest BCUT2D eigenvalue weighted by atomic mass is 9.90. The maximum Gasteiger partial charge on any atom is 0.522 e. The monoisotopic (exact) mass is 723 g/mol. The van der Waals surface area contributed by atoms with Crippen molar-refractivity contribution < 1.29 is 66.1 Å². The molecule has 0 spiro atoms. The third-order valence-corrected chi connectivity index (χ3v) is 10.6. The smallest absolute Gasteiger partial charge is 0.481 e. The molecule has 3 N–H and O–H groups in total. The van der Waals surface area contributed by atoms with Gasteiger partial charge in [0.05, 0.1) is 29.1 Å². The molecule has 2 aromatic rings. The summed E-state index contributed by atoms with van der Waals surface area (Å²) in [6.45, 7) is 1.45. The van der Waals surface area contributed by atoms with Gasteiger partial charge in [0.25, 0.3) is 10.1 Å². The maximum absolute atomic E-state index is 14.3. The number of sulfonamides is 1. The molecule has 0 radical (unpaired) electrons. The summed E-state index contributed by atoms with van der Waals surface area (Å²) in [4.78, 5) is 26.5. The van der Waals surface area contributed by atoms with Gasteiger partial charge in [-0.05, 0) is 50.1 Å². The molecule has 2 aromatic carbocycles. The predicted octanol–water partition coefficient (Wildman–Crippen LogP) is 3.88. The molecular weight excluding hydrogens is 694 g/mol. The number of nitrogens with zero attached hydrogens (tertiary/aromatic N) is 2. The Balaban J connectivity index is 0.000000665. The molecule has 19 heteroatoms. The average molecular weight is 724 g/mol. The minimum absolute atomic E-state index is 0.0885. The van der Waals surface area contributed by atoms with Gasteiger partial charge in [-0.3, -0.25) is 13.9 Å². The molecule has 0 saturated heterocycles. The number of para-hydroxylation sites is 1. The first-order valence-electron chi connectivity index (χ1n) is 13.5. The third kappa shape index (κ3) is 8.35. The summed E-state index contributed by atoms with van der Waals surface area (Å²) in [5.74, 6) is -1.71. The molecule has 0 fully saturated rings. The fourth-order valence-electron chi connectivity index (χ4n) is 4.98. The molecule has 0 bridgehead atoms. The number of carboxylic acid groups (broad SMARTS) is 1. The molecule has 256 valence electrons. The number of carbonyl (C=O) groups excluding carboxylic acids is 1. The number of alkyl halides is 3. The lowest BCUT2D eigenvalue weighted by molar-refractivity contribution is -0.637. The van der Waals surface area contributed by atoms with Gasteiger partial charge in [0.15, 0.2) is 5.70 Å². The topological polar surface area (TPSA) is 200 Å². The van der Waals surface area contributed by atoms with E-state index < -0.39 is 64.3 Å². The van der Waals surface area contributed by atoms with Gasteiger partial charge in [0, 0.05) is 12.1 Å². The van der Waals surface area contributed by atoms with Crippen molar-refractivity contribution in [3.8, 4) is 0 Å². The minimum atomic E-state index is -5.84. The summed E-state index contributed by atoms with van der Waals surface area (Å²) in [5.41, 5.74) is -2.53. The van der Waals surface area contributed by atoms with Gasteiger partial charge >= 0.3 is 38.0 Å². The molecule has 0 aromatic heterocycles. The number of anilines is 1. The number of allylic oxidation sites excluding steroid dienone is 4. The van der Waals surface area contributed by atoms with E-state index in [4.69, 9.17) is 13.0 Å². The van der Waals surface area contributed by atoms with Crippen LogP contribution in [0.25, 0.3) is 5.70 Å². The van der Waals surface area contributed by atoms with E-state index in [0.29, 0.717) is 28.9 Å². The number of aryl methyl sites for hydroxylation is 1. The van der Waals surface area contributed by atoms with E-state index in [9.17, 15) is 49.3 Å². The van der Waals surface area contributed by atoms with Crippen molar-refractivity contribution in [3.05, 3.63) is 89.2 Å². The van der Waals surface area contributed by atoms with Crippen LogP contribution in [0, 0.1) is 6.92 Å². The minimum Gasteiger partial charge on any atom is -0.481 e. The van der Waals surface area contributed by atoms with Crippen molar-refractivity contribution in [1.82, 2.24) is 0 Å². The number of halogens is 3. The van der Waals surface area contributed by atoms with Crippen molar-refractivity contribution >= 4 is 54.0 Å². The zero-order valence-electron chi connectivity index (χ0n) is 24.5. The number of hydrogen-bond donors (Lipinski definition) is 3. The summed E-state index contributed by atoms with van der Waals surface area (Å²) >= 11 is 0. The van der Waals surface area contributed by atoms with Crippen LogP contribution in [-0.2, 0) is 39.8 Å². The average Bonchev–Trinajstić information content (AvgIpc) is 2.97. The lowest BCUT2D eigenvalue weighted by Gasteiger charge is -2.41. The summed E-state index contributed by atoms with van der Waals surface area (Å²) in [6, 6.07) is 12.9. The second-order valence-corrected chi connectivity index (χ2v) is 15.4. The molecule has 4 rings (SSSR count). The van der Waals surface area contributed by atoms with Crippen LogP contribution < -0.4 is 4.90 Å². The number of fused-ring (bicyclic) bond motifs is 2. The molecule has 2 aliphatic rings. The van der Waals surface area contributed by atoms with Crippen LogP contribution in [0.15, 0.2) is 82.9 Å². The van der Waals surface area contributed by atoms with E-state index in [1.165, 1.54) is 12.1 Å². The maximum atomic E-state index is 14.3. The SMILES string of the molecule is Cc1ccc(S(=O)(=O)[N+](C=O)(CCC(=O)O)C2=C3CC=CC=C3N(CCCS(=O)(=O)O)c3ccccc32)cc1.O=S(=O)(O)C(F)(F)F. The van der Waals surface area contributed by atoms with E-state index in [1.807, 2.05) is 4.90 Å². The van der Waals surface area contributed by atoms with E-state index in [-0.39, 0.29) is 30.0 Å². The number of hydrogen-bond acceptors (Lipinski definition) is 9. The number of benzene rings is 2. The summed E-state index contributed by atoms with van der Waals surface area (Å²) in [7, 11) is -14.5. The van der Waals surface area contributed by atoms with Crippen molar-refractivity contribution in [2.24, 2.45) is 0 Å². The Morgan fingerprint density at radius 1 is 1.00 bits per heavy atom. The number of carbonyl (C=O) groups is 2. The Bertz CT molecular complexity index is 1960. The first-order valence-corrected chi connectivity index (χ1v) is 18.0. The Hall–Kier alpha value is -3.88. The van der Waals surface area contributed by atoms with Gasteiger partial charge in [-0.15, -0.1) is 3.89 Å². The Morgan fingerprint density at radius 2 is 1.60 bits per heavy atom. The van der Waals surface area contributed by atoms with Crippen molar-refractivity contribution in [1.29, 1.82) is 0 Å². The molecule has 13 nitrogen and oxygen atoms in total. The van der Waals surface area contributed by atoms with Crippen LogP contribution in [0.4, 0.5) is 18.9 Å². The van der Waals surface area contributed by atoms with E-state index in [2.05, 4.69) is 0 Å². The second-order valence-electron chi connectivity index (χ2n) is 10.3. The van der Waals surface area contributed by atoms with Crippen LogP contribution >= 0.6 is 0 Å². The van der Waals surface area contributed by atoms with Crippen LogP contribution in [0.5, 0.6) is 0 Å². The largest absolute Gasteiger partial charge is 0.522 e. The van der Waals surface area contributed by atoms with Gasteiger partial charge in [0.1, 0.15) is 11.4 Å². The molecule has 1 amide bonds. The molecule has 1 aliphatic heterocycles. The van der Waals surface area contributed by atoms with Gasteiger partial charge < -0.3 is 10.0 Å². The molecule has 1 aliphatic carbocycles. The highest BCUT2D eigenvalue weighted by Gasteiger charge is 2.52. The van der Waals surface area contributed by atoms with Crippen LogP contribution in [0.3, 0.4) is 0 Å². The first-order chi connectivity index (χ1) is 21.7. The highest BCUT2D eigenvalue weighted by molar-refractivity contribution is 7.87. The first kappa shape index (κ1) is 37.6. The fraction of sp³-hybridized carbons (Fsp3) is 0.286. The molecule has 1 heterocycles. The number of quaternary nitrogens is 1. The highest BCUT2D eigenvalue weighted by atomic mass is 32.2. The zero-order chi connectivity index (χ0) is 35.4. The number of carboxylic acids is 1. The number of amides is 1. The van der Waals surface area contributed by atoms with Crippen LogP contribution in [0.2, 0.25) is 0 Å². The van der Waals surface area contributed by atoms with Gasteiger partial charge in [-0.1, -0.05) is 42.0 Å². The Morgan fingerprint density at radius 3 is 2.13 bits per heavy atom. The summed E-state index contributed by atoms with van der Waals surface area (Å²) < 4.78 is 117.